The van der Waals surface area contributed by atoms with E-state index in [4.69, 9.17) is 11.1 Å². The lowest BCUT2D eigenvalue weighted by Crippen LogP contribution is -2.32. The third-order valence-electron chi connectivity index (χ3n) is 3.28. The van der Waals surface area contributed by atoms with Crippen molar-refractivity contribution in [1.82, 2.24) is 4.90 Å². The normalized spacial score (nSPS) is 16.2. The van der Waals surface area contributed by atoms with Gasteiger partial charge in [0.15, 0.2) is 0 Å². The average Bonchev–Trinajstić information content (AvgIpc) is 2.77. The van der Waals surface area contributed by atoms with Gasteiger partial charge in [-0.15, -0.1) is 0 Å². The lowest BCUT2D eigenvalue weighted by molar-refractivity contribution is -0.127. The van der Waals surface area contributed by atoms with Crippen LogP contribution in [0.3, 0.4) is 0 Å². The summed E-state index contributed by atoms with van der Waals surface area (Å²) in [7, 11) is 0. The van der Waals surface area contributed by atoms with Crippen LogP contribution in [0.5, 0.6) is 0 Å². The molecule has 0 spiro atoms. The average molecular weight is 257 g/mol. The summed E-state index contributed by atoms with van der Waals surface area (Å²) in [5.41, 5.74) is 5.26. The number of hydrogen-bond donors (Lipinski definition) is 2. The number of amides is 1. The molecule has 0 aromatic rings. The zero-order chi connectivity index (χ0) is 12.9. The van der Waals surface area contributed by atoms with E-state index in [2.05, 4.69) is 0 Å². The van der Waals surface area contributed by atoms with Crippen molar-refractivity contribution >= 4 is 23.5 Å². The van der Waals surface area contributed by atoms with E-state index in [0.29, 0.717) is 5.75 Å². The molecule has 4 nitrogen and oxygen atoms in total. The van der Waals surface area contributed by atoms with E-state index in [0.717, 1.165) is 38.1 Å². The first-order chi connectivity index (χ1) is 7.93. The molecule has 5 heteroatoms. The van der Waals surface area contributed by atoms with Gasteiger partial charge in [0, 0.05) is 18.5 Å². The lowest BCUT2D eigenvalue weighted by Gasteiger charge is -2.22. The number of nitrogens with one attached hydrogen (secondary N) is 1. The number of rotatable bonds is 6. The number of hydrogen-bond acceptors (Lipinski definition) is 3. The van der Waals surface area contributed by atoms with Gasteiger partial charge in [0.1, 0.15) is 0 Å². The van der Waals surface area contributed by atoms with Crippen molar-refractivity contribution in [2.24, 2.45) is 11.1 Å². The van der Waals surface area contributed by atoms with Gasteiger partial charge in [-0.3, -0.25) is 10.2 Å². The third-order valence-corrected chi connectivity index (χ3v) is 4.23. The van der Waals surface area contributed by atoms with Gasteiger partial charge in [0.25, 0.3) is 0 Å². The van der Waals surface area contributed by atoms with Gasteiger partial charge < -0.3 is 10.6 Å². The molecule has 0 aromatic heterocycles. The van der Waals surface area contributed by atoms with Gasteiger partial charge in [0.05, 0.1) is 11.6 Å². The highest BCUT2D eigenvalue weighted by Gasteiger charge is 2.22. The van der Waals surface area contributed by atoms with Crippen molar-refractivity contribution in [1.29, 1.82) is 5.41 Å². The van der Waals surface area contributed by atoms with E-state index in [9.17, 15) is 4.79 Å². The van der Waals surface area contributed by atoms with E-state index in [-0.39, 0.29) is 17.2 Å². The largest absolute Gasteiger partial charge is 0.387 e. The number of nitrogens with two attached hydrogens (primary N) is 1. The second-order valence-corrected chi connectivity index (χ2v) is 6.29. The molecule has 0 aromatic carbocycles. The predicted molar refractivity (Wildman–Crippen MR) is 73.5 cm³/mol. The van der Waals surface area contributed by atoms with Crippen molar-refractivity contribution < 1.29 is 4.79 Å². The van der Waals surface area contributed by atoms with Gasteiger partial charge in [-0.25, -0.2) is 0 Å². The monoisotopic (exact) mass is 257 g/mol. The molecule has 0 saturated carbocycles. The second-order valence-electron chi connectivity index (χ2n) is 5.19. The van der Waals surface area contributed by atoms with Crippen LogP contribution >= 0.6 is 11.8 Å². The molecule has 0 atom stereocenters. The molecule has 0 bridgehead atoms. The Morgan fingerprint density at radius 1 is 1.41 bits per heavy atom. The molecule has 1 aliphatic heterocycles. The Morgan fingerprint density at radius 3 is 2.53 bits per heavy atom. The topological polar surface area (TPSA) is 70.2 Å². The Morgan fingerprint density at radius 2 is 2.00 bits per heavy atom. The van der Waals surface area contributed by atoms with E-state index >= 15 is 0 Å². The number of likely N-dealkylation sites (tertiary alicyclic amines) is 1. The molecule has 3 N–H and O–H groups in total. The Balaban J connectivity index is 2.15. The fraction of sp³-hybridized carbons (Fsp3) is 0.833. The van der Waals surface area contributed by atoms with Crippen LogP contribution < -0.4 is 5.73 Å². The van der Waals surface area contributed by atoms with Gasteiger partial charge >= 0.3 is 0 Å². The quantitative estimate of drug-likeness (QED) is 0.432. The van der Waals surface area contributed by atoms with E-state index in [1.54, 1.807) is 11.8 Å². The summed E-state index contributed by atoms with van der Waals surface area (Å²) in [6.45, 7) is 5.80. The standard InChI is InChI=1S/C12H23N3OS/c1-12(2,11(13)14)5-8-17-9-10(16)15-6-3-4-7-15/h3-9H2,1-2H3,(H3,13,14). The van der Waals surface area contributed by atoms with Crippen LogP contribution in [0.2, 0.25) is 0 Å². The van der Waals surface area contributed by atoms with Crippen molar-refractivity contribution in [3.63, 3.8) is 0 Å². The minimum absolute atomic E-state index is 0.226. The first-order valence-corrected chi connectivity index (χ1v) is 7.29. The van der Waals surface area contributed by atoms with Crippen LogP contribution in [0, 0.1) is 10.8 Å². The minimum atomic E-state index is -0.246. The fourth-order valence-corrected chi connectivity index (χ4v) is 2.84. The molecule has 0 aliphatic carbocycles. The van der Waals surface area contributed by atoms with E-state index in [1.165, 1.54) is 0 Å². The fourth-order valence-electron chi connectivity index (χ4n) is 1.68. The molecule has 0 radical (unpaired) electrons. The van der Waals surface area contributed by atoms with E-state index in [1.807, 2.05) is 18.7 Å². The summed E-state index contributed by atoms with van der Waals surface area (Å²) in [5.74, 6) is 1.93. The van der Waals surface area contributed by atoms with Crippen LogP contribution in [0.4, 0.5) is 0 Å². The van der Waals surface area contributed by atoms with Crippen molar-refractivity contribution in [3.05, 3.63) is 0 Å². The number of nitrogens with zero attached hydrogens (tertiary/aromatic N) is 1. The predicted octanol–water partition coefficient (Wildman–Crippen LogP) is 1.69. The van der Waals surface area contributed by atoms with Crippen LogP contribution in [0.15, 0.2) is 0 Å². The van der Waals surface area contributed by atoms with Gasteiger partial charge in [0.2, 0.25) is 5.91 Å². The molecule has 17 heavy (non-hydrogen) atoms. The van der Waals surface area contributed by atoms with Crippen LogP contribution in [-0.2, 0) is 4.79 Å². The second kappa shape index (κ2) is 6.28. The van der Waals surface area contributed by atoms with Gasteiger partial charge in [-0.2, -0.15) is 11.8 Å². The summed E-state index contributed by atoms with van der Waals surface area (Å²) >= 11 is 1.65. The van der Waals surface area contributed by atoms with Crippen LogP contribution in [0.25, 0.3) is 0 Å². The summed E-state index contributed by atoms with van der Waals surface area (Å²) in [5, 5.41) is 7.45. The van der Waals surface area contributed by atoms with Crippen molar-refractivity contribution in [3.8, 4) is 0 Å². The third kappa shape index (κ3) is 4.58. The number of carbonyl (C=O) groups excluding carboxylic acids is 1. The molecule has 98 valence electrons. The Labute approximate surface area is 108 Å². The molecule has 1 rings (SSSR count). The van der Waals surface area contributed by atoms with Crippen molar-refractivity contribution in [2.45, 2.75) is 33.1 Å². The highest BCUT2D eigenvalue weighted by molar-refractivity contribution is 7.99. The maximum atomic E-state index is 11.7. The molecular weight excluding hydrogens is 234 g/mol. The maximum absolute atomic E-state index is 11.7. The highest BCUT2D eigenvalue weighted by Crippen LogP contribution is 2.22. The molecule has 0 unspecified atom stereocenters. The lowest BCUT2D eigenvalue weighted by atomic mass is 9.89. The van der Waals surface area contributed by atoms with Gasteiger partial charge in [-0.1, -0.05) is 13.8 Å². The number of carbonyl (C=O) groups is 1. The molecule has 1 fully saturated rings. The maximum Gasteiger partial charge on any atom is 0.232 e. The van der Waals surface area contributed by atoms with Crippen LogP contribution in [-0.4, -0.2) is 41.2 Å². The molecule has 1 amide bonds. The summed E-state index contributed by atoms with van der Waals surface area (Å²) in [6.07, 6.45) is 3.14. The highest BCUT2D eigenvalue weighted by atomic mass is 32.2. The molecular formula is C12H23N3OS. The van der Waals surface area contributed by atoms with Gasteiger partial charge in [-0.05, 0) is 25.0 Å². The zero-order valence-corrected chi connectivity index (χ0v) is 11.6. The van der Waals surface area contributed by atoms with Crippen LogP contribution in [0.1, 0.15) is 33.1 Å². The first-order valence-electron chi connectivity index (χ1n) is 6.13. The summed E-state index contributed by atoms with van der Waals surface area (Å²) in [6, 6.07) is 0. The summed E-state index contributed by atoms with van der Waals surface area (Å²) in [4.78, 5) is 13.7. The molecule has 1 heterocycles. The minimum Gasteiger partial charge on any atom is -0.387 e. The van der Waals surface area contributed by atoms with Crippen molar-refractivity contribution in [2.75, 3.05) is 24.6 Å². The number of thioether (sulfide) groups is 1. The first kappa shape index (κ1) is 14.4. The smallest absolute Gasteiger partial charge is 0.232 e. The Kier molecular flexibility index (Phi) is 5.31. The molecule has 1 aliphatic rings. The molecule has 1 saturated heterocycles. The SMILES string of the molecule is CC(C)(CCSCC(=O)N1CCCC1)C(=N)N. The zero-order valence-electron chi connectivity index (χ0n) is 10.8. The number of amidine groups is 1. The Bertz CT molecular complexity index is 285. The van der Waals surface area contributed by atoms with E-state index < -0.39 is 0 Å². The Hall–Kier alpha value is -0.710. The summed E-state index contributed by atoms with van der Waals surface area (Å²) < 4.78 is 0.